The number of ether oxygens (including phenoxy) is 1. The van der Waals surface area contributed by atoms with E-state index in [0.29, 0.717) is 18.0 Å². The molecule has 4 N–H and O–H groups in total. The molecule has 0 aliphatic carbocycles. The highest BCUT2D eigenvalue weighted by Crippen LogP contribution is 2.33. The maximum Gasteiger partial charge on any atom is 0.337 e. The van der Waals surface area contributed by atoms with E-state index in [-0.39, 0.29) is 17.2 Å². The zero-order chi connectivity index (χ0) is 13.3. The van der Waals surface area contributed by atoms with Gasteiger partial charge in [-0.2, -0.15) is 0 Å². The molecule has 0 bridgehead atoms. The van der Waals surface area contributed by atoms with Crippen molar-refractivity contribution in [2.45, 2.75) is 31.9 Å². The molecule has 0 aromatic heterocycles. The van der Waals surface area contributed by atoms with Gasteiger partial charge in [-0.1, -0.05) is 6.07 Å². The van der Waals surface area contributed by atoms with E-state index >= 15 is 0 Å². The van der Waals surface area contributed by atoms with Crippen LogP contribution in [0.4, 0.5) is 11.4 Å². The third kappa shape index (κ3) is 2.13. The van der Waals surface area contributed by atoms with Crippen molar-refractivity contribution in [1.29, 1.82) is 0 Å². The van der Waals surface area contributed by atoms with Crippen LogP contribution in [-0.4, -0.2) is 29.3 Å². The smallest absolute Gasteiger partial charge is 0.337 e. The first-order valence-corrected chi connectivity index (χ1v) is 5.95. The Labute approximate surface area is 106 Å². The third-order valence-corrected chi connectivity index (χ3v) is 3.62. The molecule has 98 valence electrons. The fourth-order valence-electron chi connectivity index (χ4n) is 2.17. The summed E-state index contributed by atoms with van der Waals surface area (Å²) in [5.41, 5.74) is 6.69. The van der Waals surface area contributed by atoms with E-state index in [1.54, 1.807) is 18.2 Å². The molecule has 1 saturated heterocycles. The standard InChI is InChI=1S/C13H18N2O3/c1-8-13(2,6-7-18-8)15-11-9(12(16)17)4-3-5-10(11)14/h3-5,8,15H,6-7,14H2,1-2H3,(H,16,17). The van der Waals surface area contributed by atoms with Crippen LogP contribution in [-0.2, 0) is 4.74 Å². The number of carboxylic acid groups (broad SMARTS) is 1. The van der Waals surface area contributed by atoms with Crippen molar-refractivity contribution in [3.05, 3.63) is 23.8 Å². The second kappa shape index (κ2) is 4.49. The Hall–Kier alpha value is -1.75. The molecule has 18 heavy (non-hydrogen) atoms. The molecule has 0 spiro atoms. The Morgan fingerprint density at radius 3 is 2.89 bits per heavy atom. The molecule has 0 saturated carbocycles. The minimum absolute atomic E-state index is 0.0127. The van der Waals surface area contributed by atoms with Crippen molar-refractivity contribution in [1.82, 2.24) is 0 Å². The summed E-state index contributed by atoms with van der Waals surface area (Å²) < 4.78 is 5.53. The highest BCUT2D eigenvalue weighted by Gasteiger charge is 2.38. The maximum atomic E-state index is 11.2. The Morgan fingerprint density at radius 2 is 2.33 bits per heavy atom. The summed E-state index contributed by atoms with van der Waals surface area (Å²) in [5, 5.41) is 12.4. The number of nitrogen functional groups attached to an aromatic ring is 1. The van der Waals surface area contributed by atoms with Crippen LogP contribution < -0.4 is 11.1 Å². The van der Waals surface area contributed by atoms with E-state index in [1.807, 2.05) is 13.8 Å². The largest absolute Gasteiger partial charge is 0.478 e. The van der Waals surface area contributed by atoms with Gasteiger partial charge in [0.1, 0.15) is 0 Å². The zero-order valence-corrected chi connectivity index (χ0v) is 10.6. The Bertz CT molecular complexity index is 475. The number of hydrogen-bond donors (Lipinski definition) is 3. The SMILES string of the molecule is CC1OCCC1(C)Nc1c(N)cccc1C(=O)O. The molecule has 5 heteroatoms. The summed E-state index contributed by atoms with van der Waals surface area (Å²) in [6.07, 6.45) is 0.834. The minimum Gasteiger partial charge on any atom is -0.478 e. The molecule has 0 amide bonds. The Balaban J connectivity index is 2.37. The van der Waals surface area contributed by atoms with E-state index < -0.39 is 5.97 Å². The second-order valence-electron chi connectivity index (χ2n) is 4.88. The molecule has 2 unspecified atom stereocenters. The van der Waals surface area contributed by atoms with Crippen LogP contribution in [0.1, 0.15) is 30.6 Å². The van der Waals surface area contributed by atoms with Gasteiger partial charge in [-0.3, -0.25) is 0 Å². The molecular weight excluding hydrogens is 232 g/mol. The first-order chi connectivity index (χ1) is 8.44. The second-order valence-corrected chi connectivity index (χ2v) is 4.88. The maximum absolute atomic E-state index is 11.2. The highest BCUT2D eigenvalue weighted by molar-refractivity contribution is 5.97. The van der Waals surface area contributed by atoms with Crippen LogP contribution in [0.3, 0.4) is 0 Å². The predicted octanol–water partition coefficient (Wildman–Crippen LogP) is 1.95. The number of hydrogen-bond acceptors (Lipinski definition) is 4. The van der Waals surface area contributed by atoms with Gasteiger partial charge in [0, 0.05) is 6.61 Å². The van der Waals surface area contributed by atoms with Gasteiger partial charge in [-0.25, -0.2) is 4.79 Å². The first kappa shape index (κ1) is 12.7. The van der Waals surface area contributed by atoms with Gasteiger partial charge in [0.15, 0.2) is 0 Å². The van der Waals surface area contributed by atoms with Crippen LogP contribution in [0.15, 0.2) is 18.2 Å². The van der Waals surface area contributed by atoms with E-state index in [1.165, 1.54) is 0 Å². The quantitative estimate of drug-likeness (QED) is 0.714. The van der Waals surface area contributed by atoms with Gasteiger partial charge in [0.25, 0.3) is 0 Å². The van der Waals surface area contributed by atoms with Crippen LogP contribution in [0, 0.1) is 0 Å². The van der Waals surface area contributed by atoms with E-state index in [9.17, 15) is 9.90 Å². The molecule has 1 aromatic carbocycles. The lowest BCUT2D eigenvalue weighted by atomic mass is 9.93. The van der Waals surface area contributed by atoms with Gasteiger partial charge in [-0.15, -0.1) is 0 Å². The topological polar surface area (TPSA) is 84.6 Å². The van der Waals surface area contributed by atoms with Crippen molar-refractivity contribution in [3.63, 3.8) is 0 Å². The van der Waals surface area contributed by atoms with Gasteiger partial charge in [-0.05, 0) is 32.4 Å². The summed E-state index contributed by atoms with van der Waals surface area (Å²) in [5.74, 6) is -0.986. The molecule has 1 aliphatic rings. The number of para-hydroxylation sites is 1. The van der Waals surface area contributed by atoms with Gasteiger partial charge in [0.2, 0.25) is 0 Å². The van der Waals surface area contributed by atoms with E-state index in [0.717, 1.165) is 6.42 Å². The molecule has 0 radical (unpaired) electrons. The number of carboxylic acids is 1. The van der Waals surface area contributed by atoms with Crippen molar-refractivity contribution < 1.29 is 14.6 Å². The van der Waals surface area contributed by atoms with Crippen molar-refractivity contribution >= 4 is 17.3 Å². The lowest BCUT2D eigenvalue weighted by molar-refractivity contribution is 0.0697. The van der Waals surface area contributed by atoms with Crippen LogP contribution in [0.5, 0.6) is 0 Å². The fraction of sp³-hybridized carbons (Fsp3) is 0.462. The zero-order valence-electron chi connectivity index (χ0n) is 10.6. The molecule has 5 nitrogen and oxygen atoms in total. The summed E-state index contributed by atoms with van der Waals surface area (Å²) in [6, 6.07) is 4.88. The molecule has 1 fully saturated rings. The number of rotatable bonds is 3. The first-order valence-electron chi connectivity index (χ1n) is 5.95. The number of benzene rings is 1. The minimum atomic E-state index is -0.986. The average molecular weight is 250 g/mol. The van der Waals surface area contributed by atoms with Crippen LogP contribution in [0.25, 0.3) is 0 Å². The summed E-state index contributed by atoms with van der Waals surface area (Å²) >= 11 is 0. The lowest BCUT2D eigenvalue weighted by Gasteiger charge is -2.31. The number of carbonyl (C=O) groups is 1. The summed E-state index contributed by atoms with van der Waals surface area (Å²) in [4.78, 5) is 11.2. The summed E-state index contributed by atoms with van der Waals surface area (Å²) in [6.45, 7) is 4.65. The van der Waals surface area contributed by atoms with Gasteiger partial charge < -0.3 is 20.9 Å². The van der Waals surface area contributed by atoms with Crippen LogP contribution >= 0.6 is 0 Å². The number of aromatic carboxylic acids is 1. The predicted molar refractivity (Wildman–Crippen MR) is 69.9 cm³/mol. The number of anilines is 2. The molecule has 2 atom stereocenters. The van der Waals surface area contributed by atoms with Gasteiger partial charge >= 0.3 is 5.97 Å². The monoisotopic (exact) mass is 250 g/mol. The van der Waals surface area contributed by atoms with Gasteiger partial charge in [0.05, 0.1) is 28.6 Å². The average Bonchev–Trinajstić information content (AvgIpc) is 2.62. The van der Waals surface area contributed by atoms with E-state index in [4.69, 9.17) is 10.5 Å². The van der Waals surface area contributed by atoms with Crippen LogP contribution in [0.2, 0.25) is 0 Å². The normalized spacial score (nSPS) is 27.1. The number of nitrogens with one attached hydrogen (secondary N) is 1. The Kier molecular flexibility index (Phi) is 3.17. The highest BCUT2D eigenvalue weighted by atomic mass is 16.5. The molecular formula is C13H18N2O3. The Morgan fingerprint density at radius 1 is 1.61 bits per heavy atom. The number of nitrogens with two attached hydrogens (primary N) is 1. The molecule has 1 heterocycles. The molecule has 2 rings (SSSR count). The lowest BCUT2D eigenvalue weighted by Crippen LogP contribution is -2.41. The van der Waals surface area contributed by atoms with Crippen molar-refractivity contribution in [3.8, 4) is 0 Å². The third-order valence-electron chi connectivity index (χ3n) is 3.62. The van der Waals surface area contributed by atoms with Crippen molar-refractivity contribution in [2.75, 3.05) is 17.7 Å². The summed E-state index contributed by atoms with van der Waals surface area (Å²) in [7, 11) is 0. The van der Waals surface area contributed by atoms with E-state index in [2.05, 4.69) is 5.32 Å². The molecule has 1 aromatic rings. The molecule has 1 aliphatic heterocycles. The fourth-order valence-corrected chi connectivity index (χ4v) is 2.17. The van der Waals surface area contributed by atoms with Crippen molar-refractivity contribution in [2.24, 2.45) is 0 Å².